The summed E-state index contributed by atoms with van der Waals surface area (Å²) in [5, 5.41) is 14.3. The summed E-state index contributed by atoms with van der Waals surface area (Å²) in [6, 6.07) is -0.944. The Bertz CT molecular complexity index is 311. The van der Waals surface area contributed by atoms with Gasteiger partial charge in [0.05, 0.1) is 0 Å². The van der Waals surface area contributed by atoms with Crippen molar-refractivity contribution < 1.29 is 14.7 Å². The summed E-state index contributed by atoms with van der Waals surface area (Å²) in [6.07, 6.45) is 0. The van der Waals surface area contributed by atoms with Gasteiger partial charge in [-0.05, 0) is 26.3 Å². The van der Waals surface area contributed by atoms with Crippen molar-refractivity contribution in [3.63, 3.8) is 0 Å². The van der Waals surface area contributed by atoms with Crippen LogP contribution >= 0.6 is 0 Å². The van der Waals surface area contributed by atoms with Gasteiger partial charge in [0.2, 0.25) is 0 Å². The van der Waals surface area contributed by atoms with Crippen molar-refractivity contribution in [1.82, 2.24) is 15.5 Å². The van der Waals surface area contributed by atoms with E-state index in [2.05, 4.69) is 29.4 Å². The maximum atomic E-state index is 11.7. The Morgan fingerprint density at radius 1 is 1.26 bits per heavy atom. The van der Waals surface area contributed by atoms with Gasteiger partial charge >= 0.3 is 12.0 Å². The Balaban J connectivity index is 4.19. The molecule has 0 fully saturated rings. The first-order valence-corrected chi connectivity index (χ1v) is 6.53. The van der Waals surface area contributed by atoms with Gasteiger partial charge in [0, 0.05) is 19.1 Å². The first-order chi connectivity index (χ1) is 8.55. The molecule has 2 amide bonds. The highest BCUT2D eigenvalue weighted by Crippen LogP contribution is 2.19. The number of hydrogen-bond donors (Lipinski definition) is 3. The standard InChI is InChI=1S/C13H27N3O3/c1-9(2)16(6)8-7-14-12(19)15-10(11(17)18)13(3,4)5/h9-10H,7-8H2,1-6H3,(H,17,18)(H2,14,15,19)/t10-/m1/s1. The van der Waals surface area contributed by atoms with Crippen LogP contribution in [0.2, 0.25) is 0 Å². The summed E-state index contributed by atoms with van der Waals surface area (Å²) in [7, 11) is 1.97. The number of likely N-dealkylation sites (N-methyl/N-ethyl adjacent to an activating group) is 1. The van der Waals surface area contributed by atoms with Gasteiger partial charge in [-0.1, -0.05) is 20.8 Å². The van der Waals surface area contributed by atoms with E-state index in [9.17, 15) is 9.59 Å². The molecule has 0 saturated carbocycles. The summed E-state index contributed by atoms with van der Waals surface area (Å²) < 4.78 is 0. The van der Waals surface area contributed by atoms with E-state index >= 15 is 0 Å². The molecule has 0 radical (unpaired) electrons. The van der Waals surface area contributed by atoms with Crippen molar-refractivity contribution in [2.75, 3.05) is 20.1 Å². The number of carbonyl (C=O) groups is 2. The smallest absolute Gasteiger partial charge is 0.326 e. The predicted octanol–water partition coefficient (Wildman–Crippen LogP) is 1.13. The normalized spacial score (nSPS) is 13.5. The van der Waals surface area contributed by atoms with Crippen LogP contribution in [0.5, 0.6) is 0 Å². The molecule has 0 spiro atoms. The number of aliphatic carboxylic acids is 1. The van der Waals surface area contributed by atoms with Crippen molar-refractivity contribution in [3.8, 4) is 0 Å². The van der Waals surface area contributed by atoms with Gasteiger partial charge in [-0.15, -0.1) is 0 Å². The van der Waals surface area contributed by atoms with E-state index in [0.717, 1.165) is 6.54 Å². The third-order valence-electron chi connectivity index (χ3n) is 3.02. The quantitative estimate of drug-likeness (QED) is 0.677. The minimum atomic E-state index is -1.03. The Morgan fingerprint density at radius 3 is 2.16 bits per heavy atom. The highest BCUT2D eigenvalue weighted by Gasteiger charge is 2.32. The van der Waals surface area contributed by atoms with Gasteiger partial charge in [0.1, 0.15) is 6.04 Å². The first-order valence-electron chi connectivity index (χ1n) is 6.53. The highest BCUT2D eigenvalue weighted by molar-refractivity contribution is 5.83. The van der Waals surface area contributed by atoms with Crippen LogP contribution in [0.3, 0.4) is 0 Å². The Labute approximate surface area is 115 Å². The van der Waals surface area contributed by atoms with Crippen LogP contribution in [-0.4, -0.2) is 54.2 Å². The highest BCUT2D eigenvalue weighted by atomic mass is 16.4. The van der Waals surface area contributed by atoms with Crippen LogP contribution in [0.1, 0.15) is 34.6 Å². The largest absolute Gasteiger partial charge is 0.480 e. The van der Waals surface area contributed by atoms with E-state index in [0.29, 0.717) is 12.6 Å². The van der Waals surface area contributed by atoms with E-state index in [4.69, 9.17) is 5.11 Å². The van der Waals surface area contributed by atoms with Crippen molar-refractivity contribution in [1.29, 1.82) is 0 Å². The maximum Gasteiger partial charge on any atom is 0.326 e. The van der Waals surface area contributed by atoms with Gasteiger partial charge in [-0.3, -0.25) is 0 Å². The summed E-state index contributed by atoms with van der Waals surface area (Å²) in [5.41, 5.74) is -0.530. The number of carbonyl (C=O) groups excluding carboxylic acids is 1. The van der Waals surface area contributed by atoms with E-state index < -0.39 is 23.5 Å². The molecule has 6 heteroatoms. The van der Waals surface area contributed by atoms with Crippen LogP contribution in [0.4, 0.5) is 4.79 Å². The fourth-order valence-corrected chi connectivity index (χ4v) is 1.43. The number of rotatable bonds is 6. The first kappa shape index (κ1) is 17.7. The van der Waals surface area contributed by atoms with Crippen molar-refractivity contribution in [3.05, 3.63) is 0 Å². The molecule has 0 aromatic rings. The Kier molecular flexibility index (Phi) is 6.83. The van der Waals surface area contributed by atoms with Gasteiger partial charge in [0.15, 0.2) is 0 Å². The third kappa shape index (κ3) is 7.00. The lowest BCUT2D eigenvalue weighted by Gasteiger charge is -2.28. The van der Waals surface area contributed by atoms with E-state index in [1.807, 2.05) is 7.05 Å². The fourth-order valence-electron chi connectivity index (χ4n) is 1.43. The molecule has 0 rings (SSSR count). The van der Waals surface area contributed by atoms with Gasteiger partial charge in [0.25, 0.3) is 0 Å². The van der Waals surface area contributed by atoms with Crippen LogP contribution in [-0.2, 0) is 4.79 Å². The second kappa shape index (κ2) is 7.33. The minimum absolute atomic E-state index is 0.409. The molecule has 0 unspecified atom stereocenters. The summed E-state index contributed by atoms with van der Waals surface area (Å²) in [4.78, 5) is 24.9. The molecule has 0 aliphatic heterocycles. The third-order valence-corrected chi connectivity index (χ3v) is 3.02. The fraction of sp³-hybridized carbons (Fsp3) is 0.846. The lowest BCUT2D eigenvalue weighted by Crippen LogP contribution is -2.53. The van der Waals surface area contributed by atoms with Gasteiger partial charge in [-0.2, -0.15) is 0 Å². The lowest BCUT2D eigenvalue weighted by atomic mass is 9.87. The number of carboxylic acid groups (broad SMARTS) is 1. The zero-order chi connectivity index (χ0) is 15.2. The van der Waals surface area contributed by atoms with E-state index in [-0.39, 0.29) is 0 Å². The summed E-state index contributed by atoms with van der Waals surface area (Å²) in [5.74, 6) is -1.03. The summed E-state index contributed by atoms with van der Waals surface area (Å²) >= 11 is 0. The molecule has 0 heterocycles. The Hall–Kier alpha value is -1.30. The predicted molar refractivity (Wildman–Crippen MR) is 75.2 cm³/mol. The number of nitrogens with zero attached hydrogens (tertiary/aromatic N) is 1. The monoisotopic (exact) mass is 273 g/mol. The number of hydrogen-bond acceptors (Lipinski definition) is 3. The molecule has 19 heavy (non-hydrogen) atoms. The summed E-state index contributed by atoms with van der Waals surface area (Å²) in [6.45, 7) is 10.7. The lowest BCUT2D eigenvalue weighted by molar-refractivity contribution is -0.141. The maximum absolute atomic E-state index is 11.7. The molecule has 0 bridgehead atoms. The van der Waals surface area contributed by atoms with E-state index in [1.54, 1.807) is 20.8 Å². The molecule has 0 aromatic heterocycles. The number of amides is 2. The minimum Gasteiger partial charge on any atom is -0.480 e. The van der Waals surface area contributed by atoms with Gasteiger partial charge < -0.3 is 20.6 Å². The molecule has 0 aliphatic rings. The van der Waals surface area contributed by atoms with E-state index in [1.165, 1.54) is 0 Å². The Morgan fingerprint density at radius 2 is 1.79 bits per heavy atom. The molecule has 3 N–H and O–H groups in total. The van der Waals surface area contributed by atoms with Crippen molar-refractivity contribution in [2.45, 2.75) is 46.7 Å². The SMILES string of the molecule is CC(C)N(C)CCNC(=O)N[C@H](C(=O)O)C(C)(C)C. The zero-order valence-electron chi connectivity index (χ0n) is 12.8. The molecular formula is C13H27N3O3. The second-order valence-corrected chi connectivity index (χ2v) is 6.11. The molecule has 0 aromatic carbocycles. The average Bonchev–Trinajstić information content (AvgIpc) is 2.23. The second-order valence-electron chi connectivity index (χ2n) is 6.11. The average molecular weight is 273 g/mol. The zero-order valence-corrected chi connectivity index (χ0v) is 12.8. The van der Waals surface area contributed by atoms with Crippen molar-refractivity contribution in [2.24, 2.45) is 5.41 Å². The topological polar surface area (TPSA) is 81.7 Å². The van der Waals surface area contributed by atoms with Crippen LogP contribution in [0.15, 0.2) is 0 Å². The van der Waals surface area contributed by atoms with Crippen LogP contribution < -0.4 is 10.6 Å². The molecule has 1 atom stereocenters. The molecule has 112 valence electrons. The molecule has 0 aliphatic carbocycles. The molecular weight excluding hydrogens is 246 g/mol. The number of carboxylic acids is 1. The van der Waals surface area contributed by atoms with Crippen LogP contribution in [0, 0.1) is 5.41 Å². The number of urea groups is 1. The van der Waals surface area contributed by atoms with Gasteiger partial charge in [-0.25, -0.2) is 9.59 Å². The van der Waals surface area contributed by atoms with Crippen LogP contribution in [0.25, 0.3) is 0 Å². The molecule has 6 nitrogen and oxygen atoms in total. The van der Waals surface area contributed by atoms with Crippen molar-refractivity contribution >= 4 is 12.0 Å². The molecule has 0 saturated heterocycles. The number of nitrogens with one attached hydrogen (secondary N) is 2.